The van der Waals surface area contributed by atoms with Gasteiger partial charge in [-0.3, -0.25) is 9.59 Å². The van der Waals surface area contributed by atoms with E-state index in [1.807, 2.05) is 13.8 Å². The first-order valence-corrected chi connectivity index (χ1v) is 11.1. The molecule has 27 heavy (non-hydrogen) atoms. The van der Waals surface area contributed by atoms with E-state index in [0.29, 0.717) is 25.1 Å². The fourth-order valence-corrected chi connectivity index (χ4v) is 5.96. The standard InChI is InChI=1S/C19H26N2O5S/c1-13(2)8-18(23)20-6-7-21(17-12-27(25,26)11-16(17)20)19(24)10-14-4-3-5-15(22)9-14/h3-5,9,13,16-17,22H,6-8,10-12H2,1-2H3/t16-,17+/m0/s1. The number of benzene rings is 1. The number of hydrogen-bond donors (Lipinski definition) is 1. The maximum Gasteiger partial charge on any atom is 0.227 e. The van der Waals surface area contributed by atoms with Crippen LogP contribution >= 0.6 is 0 Å². The van der Waals surface area contributed by atoms with Crippen molar-refractivity contribution in [1.82, 2.24) is 9.80 Å². The second kappa shape index (κ2) is 7.50. The quantitative estimate of drug-likeness (QED) is 0.816. The van der Waals surface area contributed by atoms with Crippen molar-refractivity contribution in [3.8, 4) is 5.75 Å². The fraction of sp³-hybridized carbons (Fsp3) is 0.579. The molecule has 1 aromatic carbocycles. The van der Waals surface area contributed by atoms with Crippen LogP contribution in [0.3, 0.4) is 0 Å². The van der Waals surface area contributed by atoms with Crippen molar-refractivity contribution < 1.29 is 23.1 Å². The molecule has 1 N–H and O–H groups in total. The Hall–Kier alpha value is -2.09. The van der Waals surface area contributed by atoms with Gasteiger partial charge in [0, 0.05) is 19.5 Å². The predicted octanol–water partition coefficient (Wildman–Crippen LogP) is 0.817. The molecule has 0 saturated carbocycles. The van der Waals surface area contributed by atoms with Crippen LogP contribution < -0.4 is 0 Å². The van der Waals surface area contributed by atoms with E-state index in [4.69, 9.17) is 0 Å². The van der Waals surface area contributed by atoms with Gasteiger partial charge in [0.25, 0.3) is 0 Å². The van der Waals surface area contributed by atoms with Crippen LogP contribution in [0, 0.1) is 5.92 Å². The van der Waals surface area contributed by atoms with E-state index < -0.39 is 21.9 Å². The van der Waals surface area contributed by atoms with Gasteiger partial charge in [-0.05, 0) is 23.6 Å². The lowest BCUT2D eigenvalue weighted by molar-refractivity contribution is -0.145. The number of phenolic OH excluding ortho intramolecular Hbond substituents is 1. The summed E-state index contributed by atoms with van der Waals surface area (Å²) in [6.07, 6.45) is 0.470. The molecule has 0 bridgehead atoms. The molecule has 2 saturated heterocycles. The highest BCUT2D eigenvalue weighted by atomic mass is 32.2. The van der Waals surface area contributed by atoms with E-state index in [9.17, 15) is 23.1 Å². The molecule has 1 aromatic rings. The molecule has 3 rings (SSSR count). The van der Waals surface area contributed by atoms with Crippen molar-refractivity contribution in [3.05, 3.63) is 29.8 Å². The third-order valence-electron chi connectivity index (χ3n) is 5.17. The van der Waals surface area contributed by atoms with Gasteiger partial charge in [0.05, 0.1) is 30.0 Å². The van der Waals surface area contributed by atoms with Crippen LogP contribution in [0.2, 0.25) is 0 Å². The molecule has 2 heterocycles. The van der Waals surface area contributed by atoms with E-state index in [1.165, 1.54) is 12.1 Å². The molecule has 2 fully saturated rings. The van der Waals surface area contributed by atoms with Gasteiger partial charge in [0.15, 0.2) is 9.84 Å². The molecule has 0 unspecified atom stereocenters. The largest absolute Gasteiger partial charge is 0.508 e. The molecule has 148 valence electrons. The van der Waals surface area contributed by atoms with Crippen molar-refractivity contribution >= 4 is 21.7 Å². The number of sulfone groups is 1. The van der Waals surface area contributed by atoms with E-state index in [0.717, 1.165) is 0 Å². The van der Waals surface area contributed by atoms with Crippen LogP contribution in [0.25, 0.3) is 0 Å². The molecule has 0 spiro atoms. The summed E-state index contributed by atoms with van der Waals surface area (Å²) in [4.78, 5) is 28.7. The highest BCUT2D eigenvalue weighted by Gasteiger charge is 2.49. The topological polar surface area (TPSA) is 95.0 Å². The van der Waals surface area contributed by atoms with Gasteiger partial charge in [-0.25, -0.2) is 8.42 Å². The van der Waals surface area contributed by atoms with Crippen molar-refractivity contribution in [3.63, 3.8) is 0 Å². The first kappa shape index (κ1) is 19.7. The van der Waals surface area contributed by atoms with Gasteiger partial charge < -0.3 is 14.9 Å². The fourth-order valence-electron chi connectivity index (χ4n) is 3.98. The Labute approximate surface area is 159 Å². The number of hydrogen-bond acceptors (Lipinski definition) is 5. The minimum Gasteiger partial charge on any atom is -0.508 e. The molecule has 0 aliphatic carbocycles. The van der Waals surface area contributed by atoms with Crippen molar-refractivity contribution in [2.75, 3.05) is 24.6 Å². The lowest BCUT2D eigenvalue weighted by atomic mass is 10.0. The molecule has 2 aliphatic rings. The molecular formula is C19H26N2O5S. The van der Waals surface area contributed by atoms with Crippen LogP contribution in [0.5, 0.6) is 5.75 Å². The molecular weight excluding hydrogens is 368 g/mol. The highest BCUT2D eigenvalue weighted by Crippen LogP contribution is 2.28. The number of carbonyl (C=O) groups excluding carboxylic acids is 2. The third kappa shape index (κ3) is 4.43. The first-order chi connectivity index (χ1) is 12.7. The van der Waals surface area contributed by atoms with E-state index in [-0.39, 0.29) is 41.4 Å². The number of aromatic hydroxyl groups is 1. The Morgan fingerprint density at radius 3 is 2.26 bits per heavy atom. The summed E-state index contributed by atoms with van der Waals surface area (Å²) in [6, 6.07) is 5.52. The summed E-state index contributed by atoms with van der Waals surface area (Å²) in [6.45, 7) is 4.60. The van der Waals surface area contributed by atoms with Gasteiger partial charge in [-0.15, -0.1) is 0 Å². The van der Waals surface area contributed by atoms with Crippen LogP contribution in [0.1, 0.15) is 25.8 Å². The van der Waals surface area contributed by atoms with E-state index >= 15 is 0 Å². The maximum atomic E-state index is 12.8. The van der Waals surface area contributed by atoms with Gasteiger partial charge in [0.2, 0.25) is 11.8 Å². The lowest BCUT2D eigenvalue weighted by Gasteiger charge is -2.44. The minimum atomic E-state index is -3.30. The Kier molecular flexibility index (Phi) is 5.46. The molecule has 0 aromatic heterocycles. The summed E-state index contributed by atoms with van der Waals surface area (Å²) >= 11 is 0. The van der Waals surface area contributed by atoms with Crippen LogP contribution in [0.15, 0.2) is 24.3 Å². The number of amides is 2. The lowest BCUT2D eigenvalue weighted by Crippen LogP contribution is -2.62. The Morgan fingerprint density at radius 1 is 1.11 bits per heavy atom. The van der Waals surface area contributed by atoms with Crippen molar-refractivity contribution in [2.24, 2.45) is 5.92 Å². The Balaban J connectivity index is 1.78. The Bertz CT molecular complexity index is 836. The van der Waals surface area contributed by atoms with Gasteiger partial charge in [-0.1, -0.05) is 26.0 Å². The summed E-state index contributed by atoms with van der Waals surface area (Å²) in [5, 5.41) is 9.57. The number of piperazine rings is 1. The third-order valence-corrected chi connectivity index (χ3v) is 6.86. The maximum absolute atomic E-state index is 12.8. The molecule has 0 radical (unpaired) electrons. The smallest absolute Gasteiger partial charge is 0.227 e. The van der Waals surface area contributed by atoms with Crippen LogP contribution in [0.4, 0.5) is 0 Å². The van der Waals surface area contributed by atoms with E-state index in [1.54, 1.807) is 21.9 Å². The Morgan fingerprint density at radius 2 is 1.70 bits per heavy atom. The normalized spacial score (nSPS) is 24.1. The second-order valence-electron chi connectivity index (χ2n) is 7.83. The number of fused-ring (bicyclic) bond motifs is 1. The zero-order chi connectivity index (χ0) is 19.8. The van der Waals surface area contributed by atoms with Gasteiger partial charge in [-0.2, -0.15) is 0 Å². The average molecular weight is 394 g/mol. The van der Waals surface area contributed by atoms with Crippen molar-refractivity contribution in [1.29, 1.82) is 0 Å². The SMILES string of the molecule is CC(C)CC(=O)N1CCN(C(=O)Cc2cccc(O)c2)[C@@H]2CS(=O)(=O)C[C@@H]21. The summed E-state index contributed by atoms with van der Waals surface area (Å²) < 4.78 is 24.5. The first-order valence-electron chi connectivity index (χ1n) is 9.23. The molecule has 2 atom stereocenters. The minimum absolute atomic E-state index is 0.0443. The number of phenols is 1. The van der Waals surface area contributed by atoms with Crippen molar-refractivity contribution in [2.45, 2.75) is 38.8 Å². The number of carbonyl (C=O) groups is 2. The van der Waals surface area contributed by atoms with E-state index in [2.05, 4.69) is 0 Å². The molecule has 2 aliphatic heterocycles. The van der Waals surface area contributed by atoms with Crippen LogP contribution in [-0.4, -0.2) is 71.8 Å². The zero-order valence-corrected chi connectivity index (χ0v) is 16.5. The highest BCUT2D eigenvalue weighted by molar-refractivity contribution is 7.91. The number of nitrogens with zero attached hydrogens (tertiary/aromatic N) is 2. The summed E-state index contributed by atoms with van der Waals surface area (Å²) in [5.74, 6) is -0.127. The summed E-state index contributed by atoms with van der Waals surface area (Å²) in [7, 11) is -3.30. The average Bonchev–Trinajstić information content (AvgIpc) is 2.87. The predicted molar refractivity (Wildman–Crippen MR) is 101 cm³/mol. The van der Waals surface area contributed by atoms with Gasteiger partial charge >= 0.3 is 0 Å². The second-order valence-corrected chi connectivity index (χ2v) is 9.98. The summed E-state index contributed by atoms with van der Waals surface area (Å²) in [5.41, 5.74) is 0.677. The molecule has 2 amide bonds. The zero-order valence-electron chi connectivity index (χ0n) is 15.7. The molecule has 8 heteroatoms. The monoisotopic (exact) mass is 394 g/mol. The van der Waals surface area contributed by atoms with Crippen LogP contribution in [-0.2, 0) is 25.8 Å². The molecule has 7 nitrogen and oxygen atoms in total. The number of rotatable bonds is 4. The van der Waals surface area contributed by atoms with Gasteiger partial charge in [0.1, 0.15) is 5.75 Å².